The van der Waals surface area contributed by atoms with Crippen molar-refractivity contribution in [1.29, 1.82) is 0 Å². The molecule has 0 aliphatic carbocycles. The molecule has 0 amide bonds. The molecule has 0 aromatic heterocycles. The highest BCUT2D eigenvalue weighted by Gasteiger charge is 2.36. The number of likely N-dealkylation sites (N-methyl/N-ethyl adjacent to an activating group) is 1. The fourth-order valence-electron chi connectivity index (χ4n) is 1.07. The summed E-state index contributed by atoms with van der Waals surface area (Å²) < 4.78 is 4.59. The average Bonchev–Trinajstić information content (AvgIpc) is 2.01. The molecule has 0 aliphatic rings. The third-order valence-electron chi connectivity index (χ3n) is 1.93. The van der Waals surface area contributed by atoms with E-state index in [1.54, 1.807) is 39.8 Å². The number of nitrogens with zero attached hydrogens (tertiary/aromatic N) is 1. The van der Waals surface area contributed by atoms with Gasteiger partial charge in [0.25, 0.3) is 0 Å². The maximum absolute atomic E-state index is 11.9. The quantitative estimate of drug-likeness (QED) is 0.498. The van der Waals surface area contributed by atoms with E-state index in [-0.39, 0.29) is 5.78 Å². The number of hydrogen-bond donors (Lipinski definition) is 0. The summed E-state index contributed by atoms with van der Waals surface area (Å²) in [5, 5.41) is 0. The van der Waals surface area contributed by atoms with E-state index >= 15 is 0 Å². The molecule has 1 unspecified atom stereocenters. The van der Waals surface area contributed by atoms with Crippen molar-refractivity contribution < 1.29 is 14.3 Å². The Balaban J connectivity index is 4.86. The topological polar surface area (TPSA) is 46.6 Å². The second kappa shape index (κ2) is 4.55. The number of methoxy groups -OCH3 is 1. The summed E-state index contributed by atoms with van der Waals surface area (Å²) in [6.45, 7) is 5.36. The van der Waals surface area contributed by atoms with Crippen LogP contribution in [0.3, 0.4) is 0 Å². The zero-order valence-corrected chi connectivity index (χ0v) is 9.75. The van der Waals surface area contributed by atoms with Crippen LogP contribution in [-0.2, 0) is 14.3 Å². The lowest BCUT2D eigenvalue weighted by atomic mass is 9.86. The fourth-order valence-corrected chi connectivity index (χ4v) is 1.07. The molecule has 0 aliphatic heterocycles. The van der Waals surface area contributed by atoms with E-state index in [2.05, 4.69) is 4.74 Å². The van der Waals surface area contributed by atoms with Gasteiger partial charge >= 0.3 is 5.97 Å². The van der Waals surface area contributed by atoms with Gasteiger partial charge in [-0.2, -0.15) is 0 Å². The normalized spacial score (nSPS) is 13.9. The molecule has 82 valence electrons. The summed E-state index contributed by atoms with van der Waals surface area (Å²) in [5.74, 6) is -0.635. The van der Waals surface area contributed by atoms with Crippen molar-refractivity contribution in [3.63, 3.8) is 0 Å². The summed E-state index contributed by atoms with van der Waals surface area (Å²) in [4.78, 5) is 24.8. The minimum absolute atomic E-state index is 0.130. The number of ketones is 1. The Morgan fingerprint density at radius 2 is 1.64 bits per heavy atom. The average molecular weight is 201 g/mol. The van der Waals surface area contributed by atoms with E-state index in [0.717, 1.165) is 0 Å². The second-order valence-corrected chi connectivity index (χ2v) is 4.50. The van der Waals surface area contributed by atoms with E-state index in [1.807, 2.05) is 0 Å². The molecule has 0 fully saturated rings. The van der Waals surface area contributed by atoms with E-state index < -0.39 is 17.4 Å². The van der Waals surface area contributed by atoms with E-state index in [0.29, 0.717) is 0 Å². The lowest BCUT2D eigenvalue weighted by molar-refractivity contribution is -0.152. The highest BCUT2D eigenvalue weighted by molar-refractivity contribution is 6.05. The van der Waals surface area contributed by atoms with Crippen LogP contribution in [0.25, 0.3) is 0 Å². The third kappa shape index (κ3) is 3.10. The van der Waals surface area contributed by atoms with Crippen molar-refractivity contribution >= 4 is 11.8 Å². The highest BCUT2D eigenvalue weighted by Crippen LogP contribution is 2.19. The van der Waals surface area contributed by atoms with Crippen LogP contribution >= 0.6 is 0 Å². The van der Waals surface area contributed by atoms with Crippen molar-refractivity contribution in [2.24, 2.45) is 5.41 Å². The molecule has 0 saturated carbocycles. The van der Waals surface area contributed by atoms with Crippen LogP contribution in [-0.4, -0.2) is 43.9 Å². The molecular weight excluding hydrogens is 182 g/mol. The third-order valence-corrected chi connectivity index (χ3v) is 1.93. The molecule has 0 spiro atoms. The van der Waals surface area contributed by atoms with Crippen molar-refractivity contribution in [2.75, 3.05) is 21.2 Å². The van der Waals surface area contributed by atoms with Gasteiger partial charge in [0.15, 0.2) is 11.8 Å². The number of carbonyl (C=O) groups excluding carboxylic acids is 2. The second-order valence-electron chi connectivity index (χ2n) is 4.50. The Labute approximate surface area is 85.2 Å². The molecule has 0 heterocycles. The fraction of sp³-hybridized carbons (Fsp3) is 0.800. The standard InChI is InChI=1S/C10H19NO3/c1-10(2,3)8(12)7(11(4)5)9(13)14-6/h7H,1-6H3. The number of carbonyl (C=O) groups is 2. The van der Waals surface area contributed by atoms with Crippen molar-refractivity contribution in [3.8, 4) is 0 Å². The van der Waals surface area contributed by atoms with Gasteiger partial charge in [0, 0.05) is 5.41 Å². The van der Waals surface area contributed by atoms with Crippen LogP contribution in [0.5, 0.6) is 0 Å². The number of rotatable bonds is 3. The first-order valence-electron chi connectivity index (χ1n) is 4.50. The van der Waals surface area contributed by atoms with Crippen LogP contribution in [0.15, 0.2) is 0 Å². The van der Waals surface area contributed by atoms with Gasteiger partial charge in [-0.25, -0.2) is 4.79 Å². The molecule has 0 saturated heterocycles. The molecule has 0 aromatic carbocycles. The minimum atomic E-state index is -0.806. The predicted octanol–water partition coefficient (Wildman–Crippen LogP) is 0.705. The molecule has 4 nitrogen and oxygen atoms in total. The summed E-state index contributed by atoms with van der Waals surface area (Å²) in [6, 6.07) is -0.806. The van der Waals surface area contributed by atoms with Gasteiger partial charge in [-0.05, 0) is 14.1 Å². The molecule has 1 atom stereocenters. The van der Waals surface area contributed by atoms with Gasteiger partial charge in [0.1, 0.15) is 0 Å². The van der Waals surface area contributed by atoms with Crippen LogP contribution in [0.1, 0.15) is 20.8 Å². The smallest absolute Gasteiger partial charge is 0.330 e. The summed E-state index contributed by atoms with van der Waals surface area (Å²) in [7, 11) is 4.66. The number of hydrogen-bond acceptors (Lipinski definition) is 4. The Hall–Kier alpha value is -0.900. The Morgan fingerprint density at radius 3 is 1.86 bits per heavy atom. The number of ether oxygens (including phenoxy) is 1. The molecule has 0 rings (SSSR count). The van der Waals surface area contributed by atoms with Gasteiger partial charge < -0.3 is 4.74 Å². The van der Waals surface area contributed by atoms with Gasteiger partial charge in [-0.15, -0.1) is 0 Å². The Kier molecular flexibility index (Phi) is 4.26. The Bertz CT molecular complexity index is 228. The van der Waals surface area contributed by atoms with E-state index in [9.17, 15) is 9.59 Å². The van der Waals surface area contributed by atoms with E-state index in [1.165, 1.54) is 7.11 Å². The zero-order valence-electron chi connectivity index (χ0n) is 9.75. The van der Waals surface area contributed by atoms with E-state index in [4.69, 9.17) is 0 Å². The lowest BCUT2D eigenvalue weighted by Gasteiger charge is -2.27. The van der Waals surface area contributed by atoms with Gasteiger partial charge in [-0.1, -0.05) is 20.8 Å². The first-order valence-corrected chi connectivity index (χ1v) is 4.50. The van der Waals surface area contributed by atoms with Gasteiger partial charge in [0.2, 0.25) is 0 Å². The molecule has 0 aromatic rings. The highest BCUT2D eigenvalue weighted by atomic mass is 16.5. The van der Waals surface area contributed by atoms with Crippen LogP contribution in [0.2, 0.25) is 0 Å². The van der Waals surface area contributed by atoms with Crippen molar-refractivity contribution in [1.82, 2.24) is 4.90 Å². The summed E-state index contributed by atoms with van der Waals surface area (Å²) >= 11 is 0. The Morgan fingerprint density at radius 1 is 1.21 bits per heavy atom. The lowest BCUT2D eigenvalue weighted by Crippen LogP contribution is -2.48. The summed E-state index contributed by atoms with van der Waals surface area (Å²) in [6.07, 6.45) is 0. The zero-order chi connectivity index (χ0) is 11.5. The molecule has 14 heavy (non-hydrogen) atoms. The molecule has 4 heteroatoms. The molecular formula is C10H19NO3. The monoisotopic (exact) mass is 201 g/mol. The molecule has 0 bridgehead atoms. The maximum atomic E-state index is 11.9. The summed E-state index contributed by atoms with van der Waals surface area (Å²) in [5.41, 5.74) is -0.539. The molecule has 0 radical (unpaired) electrons. The van der Waals surface area contributed by atoms with Gasteiger partial charge in [0.05, 0.1) is 7.11 Å². The largest absolute Gasteiger partial charge is 0.468 e. The van der Waals surface area contributed by atoms with Crippen molar-refractivity contribution in [3.05, 3.63) is 0 Å². The first-order chi connectivity index (χ1) is 6.21. The maximum Gasteiger partial charge on any atom is 0.330 e. The van der Waals surface area contributed by atoms with Gasteiger partial charge in [-0.3, -0.25) is 9.69 Å². The van der Waals surface area contributed by atoms with Crippen molar-refractivity contribution in [2.45, 2.75) is 26.8 Å². The minimum Gasteiger partial charge on any atom is -0.468 e. The molecule has 0 N–H and O–H groups in total. The van der Waals surface area contributed by atoms with Crippen LogP contribution in [0.4, 0.5) is 0 Å². The first kappa shape index (κ1) is 13.1. The number of esters is 1. The number of Topliss-reactive ketones (excluding diaryl/α,β-unsaturated/α-hetero) is 1. The predicted molar refractivity (Wildman–Crippen MR) is 54.0 cm³/mol. The van der Waals surface area contributed by atoms with Crippen LogP contribution < -0.4 is 0 Å². The van der Waals surface area contributed by atoms with Crippen LogP contribution in [0, 0.1) is 5.41 Å². The SMILES string of the molecule is COC(=O)C(C(=O)C(C)(C)C)N(C)C.